The van der Waals surface area contributed by atoms with E-state index in [1.54, 1.807) is 11.3 Å². The summed E-state index contributed by atoms with van der Waals surface area (Å²) in [6.07, 6.45) is 5.32. The Morgan fingerprint density at radius 3 is 2.50 bits per heavy atom. The number of thiazole rings is 1. The molecule has 1 N–H and O–H groups in total. The van der Waals surface area contributed by atoms with E-state index in [1.165, 1.54) is 12.0 Å². The smallest absolute Gasteiger partial charge is 0.394 e. The molecule has 7 nitrogen and oxygen atoms in total. The van der Waals surface area contributed by atoms with E-state index in [9.17, 15) is 4.79 Å². The van der Waals surface area contributed by atoms with Crippen molar-refractivity contribution in [3.05, 3.63) is 42.1 Å². The van der Waals surface area contributed by atoms with Gasteiger partial charge in [-0.05, 0) is 78.8 Å². The van der Waals surface area contributed by atoms with E-state index < -0.39 is 0 Å². The maximum atomic E-state index is 12.5. The summed E-state index contributed by atoms with van der Waals surface area (Å²) < 4.78 is 13.1. The quantitative estimate of drug-likeness (QED) is 0.516. The Morgan fingerprint density at radius 1 is 1.09 bits per heavy atom. The van der Waals surface area contributed by atoms with E-state index >= 15 is 0 Å². The van der Waals surface area contributed by atoms with Crippen LogP contribution in [-0.2, 0) is 4.79 Å². The lowest BCUT2D eigenvalue weighted by Gasteiger charge is -2.30. The van der Waals surface area contributed by atoms with Crippen molar-refractivity contribution in [1.29, 1.82) is 0 Å². The van der Waals surface area contributed by atoms with Crippen LogP contribution in [0.2, 0.25) is 0 Å². The minimum atomic E-state index is 0.323. The monoisotopic (exact) mass is 479 g/mol. The number of ether oxygens (including phenoxy) is 2. The number of aromatic nitrogens is 2. The lowest BCUT2D eigenvalue weighted by atomic mass is 9.84. The Balaban J connectivity index is 0.953. The molecule has 1 amide bonds. The number of nitrogens with zero attached hydrogens (tertiary/aromatic N) is 3. The molecule has 1 saturated carbocycles. The number of pyridine rings is 1. The standard InChI is InChI=1S/C26H30N4O3S/c1-17-9-10-27-24-23(17)34-26(28-24)33-22-7-5-21(6-8-22)32-12-11-29-13-19-15-30(16-20(19)14-29)25(31)18-3-2-4-18/h5-10,18-20H,2-4,11-16H2,1H3/p+1. The molecular weight excluding hydrogens is 448 g/mol. The van der Waals surface area contributed by atoms with Crippen molar-refractivity contribution >= 4 is 27.6 Å². The Kier molecular flexibility index (Phi) is 5.87. The minimum absolute atomic E-state index is 0.323. The van der Waals surface area contributed by atoms with E-state index in [1.807, 2.05) is 36.5 Å². The number of amides is 1. The van der Waals surface area contributed by atoms with E-state index in [-0.39, 0.29) is 0 Å². The van der Waals surface area contributed by atoms with Gasteiger partial charge in [0.15, 0.2) is 0 Å². The fourth-order valence-corrected chi connectivity index (χ4v) is 6.27. The fourth-order valence-electron chi connectivity index (χ4n) is 5.39. The average Bonchev–Trinajstić information content (AvgIpc) is 3.47. The molecule has 34 heavy (non-hydrogen) atoms. The van der Waals surface area contributed by atoms with Crippen molar-refractivity contribution < 1.29 is 19.3 Å². The van der Waals surface area contributed by atoms with Crippen molar-refractivity contribution in [1.82, 2.24) is 14.8 Å². The van der Waals surface area contributed by atoms with Gasteiger partial charge in [0.05, 0.1) is 6.20 Å². The number of benzene rings is 1. The molecule has 3 aromatic rings. The van der Waals surface area contributed by atoms with Crippen LogP contribution in [0.4, 0.5) is 0 Å². The van der Waals surface area contributed by atoms with Gasteiger partial charge in [-0.1, -0.05) is 6.42 Å². The predicted octanol–water partition coefficient (Wildman–Crippen LogP) is 3.78. The van der Waals surface area contributed by atoms with Gasteiger partial charge in [-0.25, -0.2) is 4.98 Å². The van der Waals surface area contributed by atoms with Gasteiger partial charge < -0.3 is 14.4 Å². The molecule has 3 fully saturated rings. The van der Waals surface area contributed by atoms with Crippen LogP contribution in [0.5, 0.6) is 16.7 Å². The molecule has 8 heteroatoms. The topological polar surface area (TPSA) is 69.0 Å². The number of rotatable bonds is 7. The summed E-state index contributed by atoms with van der Waals surface area (Å²) in [6.45, 7) is 7.71. The highest BCUT2D eigenvalue weighted by molar-refractivity contribution is 7.20. The van der Waals surface area contributed by atoms with Crippen molar-refractivity contribution in [3.8, 4) is 16.7 Å². The first kappa shape index (κ1) is 21.8. The molecule has 0 bridgehead atoms. The van der Waals surface area contributed by atoms with Gasteiger partial charge in [0.25, 0.3) is 0 Å². The molecule has 2 aromatic heterocycles. The third kappa shape index (κ3) is 4.36. The van der Waals surface area contributed by atoms with Gasteiger partial charge in [0.1, 0.15) is 22.8 Å². The molecule has 0 spiro atoms. The number of hydrogen-bond acceptors (Lipinski definition) is 6. The number of nitrogens with one attached hydrogen (secondary N) is 1. The van der Waals surface area contributed by atoms with Crippen LogP contribution in [-0.4, -0.2) is 60.0 Å². The van der Waals surface area contributed by atoms with Crippen molar-refractivity contribution in [2.45, 2.75) is 26.2 Å². The summed E-state index contributed by atoms with van der Waals surface area (Å²) in [4.78, 5) is 24.8. The SMILES string of the molecule is Cc1cc[nH+]c2nc(Oc3ccc(OCCN4CC5CN(C(=O)C6CCC6)CC5C4)cc3)sc12. The number of likely N-dealkylation sites (tertiary alicyclic amines) is 2. The average molecular weight is 480 g/mol. The summed E-state index contributed by atoms with van der Waals surface area (Å²) in [6, 6.07) is 9.78. The number of H-pyrrole nitrogens is 1. The van der Waals surface area contributed by atoms with Crippen molar-refractivity contribution in [2.75, 3.05) is 39.3 Å². The zero-order chi connectivity index (χ0) is 23.1. The molecule has 2 aliphatic heterocycles. The number of aryl methyl sites for hydroxylation is 1. The molecular formula is C26H31N4O3S+. The van der Waals surface area contributed by atoms with Crippen LogP contribution in [0.25, 0.3) is 10.3 Å². The largest absolute Gasteiger partial charge is 0.492 e. The molecule has 4 heterocycles. The summed E-state index contributed by atoms with van der Waals surface area (Å²) >= 11 is 1.54. The maximum Gasteiger partial charge on any atom is 0.394 e. The maximum absolute atomic E-state index is 12.5. The van der Waals surface area contributed by atoms with Crippen LogP contribution < -0.4 is 14.5 Å². The lowest BCUT2D eigenvalue weighted by Crippen LogP contribution is -2.39. The minimum Gasteiger partial charge on any atom is -0.492 e. The van der Waals surface area contributed by atoms with Crippen LogP contribution in [0.3, 0.4) is 0 Å². The molecule has 6 rings (SSSR count). The first-order valence-corrected chi connectivity index (χ1v) is 13.1. The van der Waals surface area contributed by atoms with Gasteiger partial charge >= 0.3 is 10.8 Å². The lowest BCUT2D eigenvalue weighted by molar-refractivity contribution is -0.347. The predicted molar refractivity (Wildman–Crippen MR) is 130 cm³/mol. The molecule has 1 aromatic carbocycles. The van der Waals surface area contributed by atoms with Crippen LogP contribution in [0.1, 0.15) is 24.8 Å². The molecule has 2 saturated heterocycles. The normalized spacial score (nSPS) is 22.7. The second-order valence-electron chi connectivity index (χ2n) is 9.89. The van der Waals surface area contributed by atoms with Gasteiger partial charge in [0.2, 0.25) is 5.91 Å². The summed E-state index contributed by atoms with van der Waals surface area (Å²) in [7, 11) is 0. The Hall–Kier alpha value is -2.71. The molecule has 0 radical (unpaired) electrons. The van der Waals surface area contributed by atoms with Gasteiger partial charge in [0, 0.05) is 43.6 Å². The summed E-state index contributed by atoms with van der Waals surface area (Å²) in [5.74, 6) is 3.59. The zero-order valence-corrected chi connectivity index (χ0v) is 20.4. The van der Waals surface area contributed by atoms with Crippen molar-refractivity contribution in [3.63, 3.8) is 0 Å². The summed E-state index contributed by atoms with van der Waals surface area (Å²) in [5.41, 5.74) is 2.04. The highest BCUT2D eigenvalue weighted by Crippen LogP contribution is 2.35. The first-order chi connectivity index (χ1) is 16.6. The third-order valence-corrected chi connectivity index (χ3v) is 8.62. The van der Waals surface area contributed by atoms with E-state index in [0.29, 0.717) is 35.5 Å². The zero-order valence-electron chi connectivity index (χ0n) is 19.5. The van der Waals surface area contributed by atoms with E-state index in [4.69, 9.17) is 9.47 Å². The summed E-state index contributed by atoms with van der Waals surface area (Å²) in [5, 5.41) is 0.627. The second-order valence-corrected chi connectivity index (χ2v) is 10.9. The molecule has 178 valence electrons. The molecule has 1 aliphatic carbocycles. The van der Waals surface area contributed by atoms with Crippen LogP contribution in [0.15, 0.2) is 36.5 Å². The van der Waals surface area contributed by atoms with Gasteiger partial charge in [-0.2, -0.15) is 0 Å². The van der Waals surface area contributed by atoms with Crippen LogP contribution in [0, 0.1) is 24.7 Å². The Labute approximate surface area is 203 Å². The third-order valence-electron chi connectivity index (χ3n) is 7.55. The molecule has 2 unspecified atom stereocenters. The Morgan fingerprint density at radius 2 is 1.82 bits per heavy atom. The number of aromatic amines is 1. The molecule has 3 aliphatic rings. The Bertz CT molecular complexity index is 1160. The molecule has 2 atom stereocenters. The van der Waals surface area contributed by atoms with E-state index in [0.717, 1.165) is 67.4 Å². The van der Waals surface area contributed by atoms with Gasteiger partial charge in [-0.15, -0.1) is 0 Å². The van der Waals surface area contributed by atoms with Crippen LogP contribution >= 0.6 is 11.3 Å². The highest BCUT2D eigenvalue weighted by atomic mass is 32.1. The number of fused-ring (bicyclic) bond motifs is 2. The number of hydrogen-bond donors (Lipinski definition) is 0. The number of carbonyl (C=O) groups is 1. The van der Waals surface area contributed by atoms with Gasteiger partial charge in [-0.3, -0.25) is 9.69 Å². The second kappa shape index (κ2) is 9.15. The fraction of sp³-hybridized carbons (Fsp3) is 0.500. The highest BCUT2D eigenvalue weighted by Gasteiger charge is 2.43. The first-order valence-electron chi connectivity index (χ1n) is 12.3. The number of carbonyl (C=O) groups excluding carboxylic acids is 1. The van der Waals surface area contributed by atoms with E-state index in [2.05, 4.69) is 26.7 Å². The van der Waals surface area contributed by atoms with Crippen molar-refractivity contribution in [2.24, 2.45) is 17.8 Å².